The summed E-state index contributed by atoms with van der Waals surface area (Å²) >= 11 is 7.74. The first-order chi connectivity index (χ1) is 9.72. The van der Waals surface area contributed by atoms with Gasteiger partial charge in [-0.3, -0.25) is 4.79 Å². The van der Waals surface area contributed by atoms with Crippen molar-refractivity contribution >= 4 is 29.3 Å². The molecule has 3 atom stereocenters. The van der Waals surface area contributed by atoms with Crippen LogP contribution < -0.4 is 5.32 Å². The van der Waals surface area contributed by atoms with Crippen LogP contribution in [-0.2, 0) is 10.5 Å². The van der Waals surface area contributed by atoms with Crippen molar-refractivity contribution in [2.75, 3.05) is 5.75 Å². The van der Waals surface area contributed by atoms with Gasteiger partial charge in [0.1, 0.15) is 0 Å². The molecule has 108 valence electrons. The lowest BCUT2D eigenvalue weighted by molar-refractivity contribution is -0.119. The summed E-state index contributed by atoms with van der Waals surface area (Å²) in [4.78, 5) is 12.0. The van der Waals surface area contributed by atoms with Gasteiger partial charge < -0.3 is 5.32 Å². The molecule has 0 aliphatic heterocycles. The molecule has 20 heavy (non-hydrogen) atoms. The van der Waals surface area contributed by atoms with Gasteiger partial charge in [0.2, 0.25) is 5.91 Å². The molecule has 0 aromatic heterocycles. The number of halogens is 1. The van der Waals surface area contributed by atoms with E-state index in [1.54, 1.807) is 11.8 Å². The molecule has 1 N–H and O–H groups in total. The Balaban J connectivity index is 1.40. The Hall–Kier alpha value is -0.670. The van der Waals surface area contributed by atoms with Crippen LogP contribution in [0.3, 0.4) is 0 Å². The molecule has 0 unspecified atom stereocenters. The largest absolute Gasteiger partial charge is 0.352 e. The van der Waals surface area contributed by atoms with Gasteiger partial charge in [0.25, 0.3) is 0 Å². The smallest absolute Gasteiger partial charge is 0.230 e. The molecule has 2 fully saturated rings. The van der Waals surface area contributed by atoms with Gasteiger partial charge in [0, 0.05) is 16.8 Å². The zero-order chi connectivity index (χ0) is 13.9. The fraction of sp³-hybridized carbons (Fsp3) is 0.562. The number of thioether (sulfide) groups is 1. The van der Waals surface area contributed by atoms with Crippen LogP contribution in [0, 0.1) is 11.8 Å². The first-order valence-electron chi connectivity index (χ1n) is 7.33. The van der Waals surface area contributed by atoms with Gasteiger partial charge in [-0.1, -0.05) is 36.2 Å². The molecule has 0 radical (unpaired) electrons. The summed E-state index contributed by atoms with van der Waals surface area (Å²) in [5.74, 6) is 3.13. The van der Waals surface area contributed by atoms with E-state index in [2.05, 4.69) is 5.32 Å². The predicted octanol–water partition coefficient (Wildman–Crippen LogP) is 3.88. The summed E-state index contributed by atoms with van der Waals surface area (Å²) in [6.07, 6.45) is 5.21. The van der Waals surface area contributed by atoms with Gasteiger partial charge in [-0.25, -0.2) is 0 Å². The molecule has 1 aromatic rings. The first-order valence-corrected chi connectivity index (χ1v) is 8.86. The Morgan fingerprint density at radius 1 is 1.30 bits per heavy atom. The number of rotatable bonds is 5. The maximum absolute atomic E-state index is 12.0. The van der Waals surface area contributed by atoms with Crippen molar-refractivity contribution in [2.24, 2.45) is 11.8 Å². The number of fused-ring (bicyclic) bond motifs is 2. The fourth-order valence-electron chi connectivity index (χ4n) is 3.54. The van der Waals surface area contributed by atoms with E-state index in [9.17, 15) is 4.79 Å². The van der Waals surface area contributed by atoms with Crippen LogP contribution in [0.25, 0.3) is 0 Å². The van der Waals surface area contributed by atoms with Crippen molar-refractivity contribution in [1.29, 1.82) is 0 Å². The molecule has 4 heteroatoms. The van der Waals surface area contributed by atoms with Crippen LogP contribution in [0.2, 0.25) is 5.02 Å². The summed E-state index contributed by atoms with van der Waals surface area (Å²) in [7, 11) is 0. The van der Waals surface area contributed by atoms with Crippen LogP contribution in [-0.4, -0.2) is 17.7 Å². The van der Waals surface area contributed by atoms with Crippen molar-refractivity contribution in [2.45, 2.75) is 37.5 Å². The number of nitrogens with one attached hydrogen (secondary N) is 1. The van der Waals surface area contributed by atoms with Crippen LogP contribution >= 0.6 is 23.4 Å². The van der Waals surface area contributed by atoms with Crippen molar-refractivity contribution in [3.8, 4) is 0 Å². The number of hydrogen-bond acceptors (Lipinski definition) is 2. The van der Waals surface area contributed by atoms with E-state index in [0.29, 0.717) is 11.8 Å². The highest BCUT2D eigenvalue weighted by Crippen LogP contribution is 2.44. The van der Waals surface area contributed by atoms with Gasteiger partial charge in [-0.15, -0.1) is 11.8 Å². The zero-order valence-electron chi connectivity index (χ0n) is 11.5. The van der Waals surface area contributed by atoms with Crippen molar-refractivity contribution in [3.63, 3.8) is 0 Å². The monoisotopic (exact) mass is 309 g/mol. The second-order valence-corrected chi connectivity index (χ2v) is 7.33. The lowest BCUT2D eigenvalue weighted by atomic mass is 9.95. The Bertz CT molecular complexity index is 493. The molecular weight excluding hydrogens is 290 g/mol. The van der Waals surface area contributed by atoms with E-state index in [0.717, 1.165) is 28.2 Å². The molecule has 2 aliphatic carbocycles. The van der Waals surface area contributed by atoms with Crippen molar-refractivity contribution in [3.05, 3.63) is 34.9 Å². The van der Waals surface area contributed by atoms with Crippen molar-refractivity contribution < 1.29 is 4.79 Å². The normalized spacial score (nSPS) is 27.8. The lowest BCUT2D eigenvalue weighted by Crippen LogP contribution is -2.39. The molecule has 2 bridgehead atoms. The molecule has 1 aromatic carbocycles. The summed E-state index contributed by atoms with van der Waals surface area (Å²) in [5.41, 5.74) is 1.10. The summed E-state index contributed by atoms with van der Waals surface area (Å²) < 4.78 is 0. The first kappa shape index (κ1) is 14.3. The standard InChI is InChI=1S/C16H20ClNOS/c17-14-4-2-1-3-13(14)9-20-10-16(19)18-15-8-11-5-6-12(15)7-11/h1-4,11-12,15H,5-10H2,(H,18,19)/t11-,12-,15+/m1/s1. The van der Waals surface area contributed by atoms with Gasteiger partial charge in [-0.2, -0.15) is 0 Å². The Morgan fingerprint density at radius 3 is 2.85 bits per heavy atom. The molecule has 0 heterocycles. The van der Waals surface area contributed by atoms with Gasteiger partial charge in [-0.05, 0) is 42.7 Å². The van der Waals surface area contributed by atoms with E-state index in [1.807, 2.05) is 24.3 Å². The second-order valence-electron chi connectivity index (χ2n) is 5.93. The average molecular weight is 310 g/mol. The third-order valence-electron chi connectivity index (χ3n) is 4.53. The lowest BCUT2D eigenvalue weighted by Gasteiger charge is -2.22. The van der Waals surface area contributed by atoms with E-state index < -0.39 is 0 Å². The highest BCUT2D eigenvalue weighted by molar-refractivity contribution is 7.99. The van der Waals surface area contributed by atoms with Gasteiger partial charge >= 0.3 is 0 Å². The molecule has 1 amide bonds. The second kappa shape index (κ2) is 6.40. The third-order valence-corrected chi connectivity index (χ3v) is 5.88. The number of amides is 1. The Morgan fingerprint density at radius 2 is 2.15 bits per heavy atom. The fourth-order valence-corrected chi connectivity index (χ4v) is 4.66. The molecule has 0 saturated heterocycles. The maximum Gasteiger partial charge on any atom is 0.230 e. The number of benzene rings is 1. The minimum absolute atomic E-state index is 0.180. The van der Waals surface area contributed by atoms with E-state index in [-0.39, 0.29) is 5.91 Å². The summed E-state index contributed by atoms with van der Waals surface area (Å²) in [6.45, 7) is 0. The summed E-state index contributed by atoms with van der Waals surface area (Å²) in [5, 5.41) is 4.00. The molecule has 3 rings (SSSR count). The quantitative estimate of drug-likeness (QED) is 0.894. The molecule has 0 spiro atoms. The topological polar surface area (TPSA) is 29.1 Å². The van der Waals surface area contributed by atoms with Crippen molar-refractivity contribution in [1.82, 2.24) is 5.32 Å². The van der Waals surface area contributed by atoms with Crippen LogP contribution in [0.15, 0.2) is 24.3 Å². The van der Waals surface area contributed by atoms with Crippen LogP contribution in [0.4, 0.5) is 0 Å². The molecule has 2 aliphatic rings. The molecule has 2 saturated carbocycles. The van der Waals surface area contributed by atoms with E-state index in [4.69, 9.17) is 11.6 Å². The van der Waals surface area contributed by atoms with E-state index in [1.165, 1.54) is 25.7 Å². The molecule has 2 nitrogen and oxygen atoms in total. The van der Waals surface area contributed by atoms with E-state index >= 15 is 0 Å². The summed E-state index contributed by atoms with van der Waals surface area (Å²) in [6, 6.07) is 8.27. The molecular formula is C16H20ClNOS. The zero-order valence-corrected chi connectivity index (χ0v) is 13.1. The SMILES string of the molecule is O=C(CSCc1ccccc1Cl)N[C@H]1C[C@@H]2CC[C@@H]1C2. The Kier molecular flexibility index (Phi) is 4.57. The third kappa shape index (κ3) is 3.32. The predicted molar refractivity (Wildman–Crippen MR) is 85.0 cm³/mol. The van der Waals surface area contributed by atoms with Gasteiger partial charge in [0.05, 0.1) is 5.75 Å². The van der Waals surface area contributed by atoms with Crippen LogP contribution in [0.5, 0.6) is 0 Å². The number of carbonyl (C=O) groups excluding carboxylic acids is 1. The van der Waals surface area contributed by atoms with Gasteiger partial charge in [0.15, 0.2) is 0 Å². The van der Waals surface area contributed by atoms with Crippen LogP contribution in [0.1, 0.15) is 31.2 Å². The Labute approximate surface area is 129 Å². The highest BCUT2D eigenvalue weighted by atomic mass is 35.5. The minimum Gasteiger partial charge on any atom is -0.352 e. The number of hydrogen-bond donors (Lipinski definition) is 1. The minimum atomic E-state index is 0.180. The average Bonchev–Trinajstić information content (AvgIpc) is 3.03. The number of carbonyl (C=O) groups is 1. The highest BCUT2D eigenvalue weighted by Gasteiger charge is 2.39. The maximum atomic E-state index is 12.0.